The topological polar surface area (TPSA) is 67.9 Å². The molecule has 2 aliphatic rings. The second-order valence-electron chi connectivity index (χ2n) is 8.32. The predicted octanol–water partition coefficient (Wildman–Crippen LogP) is 3.90. The molecule has 0 amide bonds. The molecule has 2 heterocycles. The third kappa shape index (κ3) is 3.17. The Morgan fingerprint density at radius 1 is 0.967 bits per heavy atom. The number of hydrogen-bond acceptors (Lipinski definition) is 5. The minimum absolute atomic E-state index is 0.569. The summed E-state index contributed by atoms with van der Waals surface area (Å²) >= 11 is 0. The smallest absolute Gasteiger partial charge is 0.229 e. The first-order valence-corrected chi connectivity index (χ1v) is 12.1. The Hall–Kier alpha value is -2.51. The standard InChI is InChI=1S/C23H26N2O4S/c1-28-22-11-19-17-9-14(24-30(3,26)27)6-7-16(17)18-10-15-5-4-8-25(15)13-21(18)20(19)12-23(22)29-2/h6-7,9,11-12,15,24H,4-5,8,10,13H2,1-3H3/t15-/m0/s1. The van der Waals surface area contributed by atoms with Crippen LogP contribution in [0.4, 0.5) is 5.69 Å². The lowest BCUT2D eigenvalue weighted by Gasteiger charge is -2.33. The zero-order valence-corrected chi connectivity index (χ0v) is 18.3. The zero-order chi connectivity index (χ0) is 21.0. The van der Waals surface area contributed by atoms with E-state index in [0.29, 0.717) is 23.2 Å². The summed E-state index contributed by atoms with van der Waals surface area (Å²) in [7, 11) is -0.0638. The number of hydrogen-bond donors (Lipinski definition) is 1. The molecule has 0 bridgehead atoms. The SMILES string of the molecule is COc1cc2c3c(c4ccc(NS(C)(=O)=O)cc4c2cc1OC)C[C@@H]1CCCN1C3. The molecule has 0 unspecified atom stereocenters. The number of ether oxygens (including phenoxy) is 2. The fraction of sp³-hybridized carbons (Fsp3) is 0.391. The number of fused-ring (bicyclic) bond motifs is 7. The van der Waals surface area contributed by atoms with Crippen molar-refractivity contribution in [3.8, 4) is 11.5 Å². The quantitative estimate of drug-likeness (QED) is 0.641. The second kappa shape index (κ2) is 7.03. The number of nitrogens with zero attached hydrogens (tertiary/aromatic N) is 1. The van der Waals surface area contributed by atoms with Crippen LogP contribution in [0.1, 0.15) is 24.0 Å². The molecule has 0 aliphatic carbocycles. The second-order valence-corrected chi connectivity index (χ2v) is 10.1. The summed E-state index contributed by atoms with van der Waals surface area (Å²) in [5.74, 6) is 1.38. The molecule has 30 heavy (non-hydrogen) atoms. The maximum absolute atomic E-state index is 11.8. The minimum Gasteiger partial charge on any atom is -0.493 e. The Labute approximate surface area is 176 Å². The van der Waals surface area contributed by atoms with E-state index in [1.54, 1.807) is 14.2 Å². The summed E-state index contributed by atoms with van der Waals surface area (Å²) < 4.78 is 37.4. The van der Waals surface area contributed by atoms with E-state index in [-0.39, 0.29) is 0 Å². The van der Waals surface area contributed by atoms with Crippen molar-refractivity contribution < 1.29 is 17.9 Å². The van der Waals surface area contributed by atoms with Crippen molar-refractivity contribution in [2.24, 2.45) is 0 Å². The van der Waals surface area contributed by atoms with Crippen molar-refractivity contribution in [3.05, 3.63) is 41.5 Å². The predicted molar refractivity (Wildman–Crippen MR) is 120 cm³/mol. The van der Waals surface area contributed by atoms with E-state index in [1.807, 2.05) is 18.2 Å². The molecule has 0 spiro atoms. The van der Waals surface area contributed by atoms with Gasteiger partial charge in [-0.05, 0) is 82.7 Å². The van der Waals surface area contributed by atoms with Gasteiger partial charge in [-0.25, -0.2) is 8.42 Å². The van der Waals surface area contributed by atoms with E-state index in [4.69, 9.17) is 9.47 Å². The van der Waals surface area contributed by atoms with Crippen LogP contribution < -0.4 is 14.2 Å². The first-order chi connectivity index (χ1) is 14.4. The van der Waals surface area contributed by atoms with Crippen LogP contribution in [-0.2, 0) is 23.0 Å². The van der Waals surface area contributed by atoms with Crippen molar-refractivity contribution in [1.82, 2.24) is 4.90 Å². The van der Waals surface area contributed by atoms with Gasteiger partial charge < -0.3 is 9.47 Å². The maximum atomic E-state index is 11.8. The number of anilines is 1. The molecule has 5 rings (SSSR count). The summed E-state index contributed by atoms with van der Waals surface area (Å²) in [6.07, 6.45) is 4.67. The van der Waals surface area contributed by atoms with Crippen molar-refractivity contribution in [3.63, 3.8) is 0 Å². The van der Waals surface area contributed by atoms with Crippen LogP contribution in [0.15, 0.2) is 30.3 Å². The molecular formula is C23H26N2O4S. The van der Waals surface area contributed by atoms with Crippen molar-refractivity contribution in [2.75, 3.05) is 31.7 Å². The molecule has 2 aliphatic heterocycles. The average molecular weight is 427 g/mol. The lowest BCUT2D eigenvalue weighted by molar-refractivity contribution is 0.229. The number of methoxy groups -OCH3 is 2. The molecule has 1 N–H and O–H groups in total. The van der Waals surface area contributed by atoms with E-state index in [2.05, 4.69) is 21.8 Å². The molecule has 1 fully saturated rings. The van der Waals surface area contributed by atoms with Crippen LogP contribution >= 0.6 is 0 Å². The van der Waals surface area contributed by atoms with Crippen LogP contribution in [0.2, 0.25) is 0 Å². The van der Waals surface area contributed by atoms with Gasteiger partial charge in [0.1, 0.15) is 0 Å². The fourth-order valence-corrected chi connectivity index (χ4v) is 5.73. The molecule has 6 nitrogen and oxygen atoms in total. The number of benzene rings is 3. The van der Waals surface area contributed by atoms with E-state index in [9.17, 15) is 8.42 Å². The van der Waals surface area contributed by atoms with Gasteiger partial charge in [0.2, 0.25) is 10.0 Å². The molecule has 3 aromatic carbocycles. The van der Waals surface area contributed by atoms with Gasteiger partial charge in [0.05, 0.1) is 20.5 Å². The van der Waals surface area contributed by atoms with Gasteiger partial charge in [-0.2, -0.15) is 0 Å². The lowest BCUT2D eigenvalue weighted by Crippen LogP contribution is -2.35. The van der Waals surface area contributed by atoms with Gasteiger partial charge in [-0.3, -0.25) is 9.62 Å². The summed E-state index contributed by atoms with van der Waals surface area (Å²) in [5, 5.41) is 4.42. The van der Waals surface area contributed by atoms with Gasteiger partial charge in [-0.1, -0.05) is 6.07 Å². The van der Waals surface area contributed by atoms with Crippen molar-refractivity contribution >= 4 is 37.3 Å². The Bertz CT molecular complexity index is 1270. The molecule has 158 valence electrons. The van der Waals surface area contributed by atoms with Crippen LogP contribution in [0.25, 0.3) is 21.5 Å². The largest absolute Gasteiger partial charge is 0.493 e. The number of nitrogens with one attached hydrogen (secondary N) is 1. The van der Waals surface area contributed by atoms with E-state index < -0.39 is 10.0 Å². The zero-order valence-electron chi connectivity index (χ0n) is 17.5. The highest BCUT2D eigenvalue weighted by molar-refractivity contribution is 7.92. The van der Waals surface area contributed by atoms with Gasteiger partial charge in [0, 0.05) is 18.3 Å². The van der Waals surface area contributed by atoms with E-state index in [0.717, 1.165) is 35.7 Å². The van der Waals surface area contributed by atoms with Gasteiger partial charge >= 0.3 is 0 Å². The molecule has 1 atom stereocenters. The minimum atomic E-state index is -3.35. The highest BCUT2D eigenvalue weighted by atomic mass is 32.2. The first-order valence-electron chi connectivity index (χ1n) is 10.2. The van der Waals surface area contributed by atoms with Crippen molar-refractivity contribution in [2.45, 2.75) is 31.8 Å². The first kappa shape index (κ1) is 19.5. The molecule has 0 aromatic heterocycles. The molecule has 7 heteroatoms. The Balaban J connectivity index is 1.84. The number of rotatable bonds is 4. The highest BCUT2D eigenvalue weighted by Crippen LogP contribution is 2.44. The number of sulfonamides is 1. The molecule has 0 saturated carbocycles. The van der Waals surface area contributed by atoms with Crippen LogP contribution in [-0.4, -0.2) is 46.4 Å². The van der Waals surface area contributed by atoms with Crippen LogP contribution in [0.3, 0.4) is 0 Å². The monoisotopic (exact) mass is 426 g/mol. The summed E-state index contributed by atoms with van der Waals surface area (Å²) in [6, 6.07) is 10.5. The van der Waals surface area contributed by atoms with Crippen molar-refractivity contribution in [1.29, 1.82) is 0 Å². The van der Waals surface area contributed by atoms with Gasteiger partial charge in [0.25, 0.3) is 0 Å². The summed E-state index contributed by atoms with van der Waals surface area (Å²) in [6.45, 7) is 2.08. The Kier molecular flexibility index (Phi) is 4.56. The van der Waals surface area contributed by atoms with Gasteiger partial charge in [0.15, 0.2) is 11.5 Å². The van der Waals surface area contributed by atoms with Crippen LogP contribution in [0, 0.1) is 0 Å². The highest BCUT2D eigenvalue weighted by Gasteiger charge is 2.32. The normalized spacial score (nSPS) is 19.0. The molecule has 0 radical (unpaired) electrons. The third-order valence-corrected chi connectivity index (χ3v) is 7.06. The lowest BCUT2D eigenvalue weighted by atomic mass is 9.85. The molecule has 3 aromatic rings. The average Bonchev–Trinajstić information content (AvgIpc) is 3.18. The fourth-order valence-electron chi connectivity index (χ4n) is 5.17. The van der Waals surface area contributed by atoms with Gasteiger partial charge in [-0.15, -0.1) is 0 Å². The van der Waals surface area contributed by atoms with E-state index in [1.165, 1.54) is 35.6 Å². The third-order valence-electron chi connectivity index (χ3n) is 6.45. The Morgan fingerprint density at radius 3 is 2.37 bits per heavy atom. The van der Waals surface area contributed by atoms with Crippen LogP contribution in [0.5, 0.6) is 11.5 Å². The summed E-state index contributed by atoms with van der Waals surface area (Å²) in [5.41, 5.74) is 3.29. The molecular weight excluding hydrogens is 400 g/mol. The Morgan fingerprint density at radius 2 is 1.67 bits per heavy atom. The maximum Gasteiger partial charge on any atom is 0.229 e. The van der Waals surface area contributed by atoms with E-state index >= 15 is 0 Å². The molecule has 1 saturated heterocycles. The summed E-state index contributed by atoms with van der Waals surface area (Å²) in [4.78, 5) is 2.59.